The van der Waals surface area contributed by atoms with Gasteiger partial charge in [0.2, 0.25) is 0 Å². The van der Waals surface area contributed by atoms with Gasteiger partial charge in [-0.15, -0.1) is 22.7 Å². The molecule has 19 heteroatoms. The summed E-state index contributed by atoms with van der Waals surface area (Å²) in [6.45, 7) is 4.67. The number of rotatable bonds is 16. The summed E-state index contributed by atoms with van der Waals surface area (Å²) in [5.74, 6) is 0.998. The Morgan fingerprint density at radius 3 is 1.73 bits per heavy atom. The number of halogens is 1. The van der Waals surface area contributed by atoms with Crippen LogP contribution in [0, 0.1) is 60.6 Å². The molecule has 2 aromatic heterocycles. The number of hydrogen-bond donors (Lipinski definition) is 3. The number of ether oxygens (including phenoxy) is 2. The number of aromatic nitrogens is 2. The summed E-state index contributed by atoms with van der Waals surface area (Å²) >= 11 is 3.06. The molecule has 0 bridgehead atoms. The molecular formula is C48H49FN4O9PrS4-. The van der Waals surface area contributed by atoms with Gasteiger partial charge >= 0.3 is 40.3 Å². The molecular weight excluding hydrogens is 1060 g/mol. The van der Waals surface area contributed by atoms with Crippen LogP contribution in [0.25, 0.3) is 41.6 Å². The first-order valence-corrected chi connectivity index (χ1v) is 25.8. The molecule has 0 amide bonds. The topological polar surface area (TPSA) is 183 Å². The predicted molar refractivity (Wildman–Crippen MR) is 261 cm³/mol. The maximum atomic E-state index is 12.2. The number of fused-ring (bicyclic) bond motifs is 2. The fourth-order valence-corrected chi connectivity index (χ4v) is 9.14. The van der Waals surface area contributed by atoms with Gasteiger partial charge in [0.05, 0.1) is 31.9 Å². The van der Waals surface area contributed by atoms with Crippen LogP contribution in [-0.4, -0.2) is 63.8 Å². The minimum absolute atomic E-state index is 0. The second kappa shape index (κ2) is 27.9. The van der Waals surface area contributed by atoms with Gasteiger partial charge in [0, 0.05) is 42.7 Å². The van der Waals surface area contributed by atoms with E-state index in [0.29, 0.717) is 24.4 Å². The third-order valence-electron chi connectivity index (χ3n) is 9.17. The molecule has 8 rings (SSSR count). The van der Waals surface area contributed by atoms with E-state index in [1.165, 1.54) is 11.3 Å². The van der Waals surface area contributed by atoms with Crippen LogP contribution in [0.3, 0.4) is 0 Å². The van der Waals surface area contributed by atoms with Crippen LogP contribution in [0.15, 0.2) is 143 Å². The van der Waals surface area contributed by atoms with Crippen LogP contribution in [0.2, 0.25) is 0 Å². The van der Waals surface area contributed by atoms with Crippen LogP contribution in [0.1, 0.15) is 17.5 Å². The van der Waals surface area contributed by atoms with Gasteiger partial charge in [-0.1, -0.05) is 52.4 Å². The minimum atomic E-state index is -3.72. The summed E-state index contributed by atoms with van der Waals surface area (Å²) < 4.78 is 83.2. The first kappa shape index (κ1) is 54.8. The molecule has 0 atom stereocenters. The Balaban J connectivity index is 0.000000249. The van der Waals surface area contributed by atoms with Crippen molar-refractivity contribution in [2.24, 2.45) is 0 Å². The van der Waals surface area contributed by atoms with Gasteiger partial charge in [-0.2, -0.15) is 8.42 Å². The number of aromatic hydroxyl groups is 1. The fraction of sp³-hybridized carbons (Fsp3) is 0.188. The number of benzene rings is 6. The van der Waals surface area contributed by atoms with Crippen molar-refractivity contribution in [3.05, 3.63) is 152 Å². The van der Waals surface area contributed by atoms with Crippen LogP contribution >= 0.6 is 22.7 Å². The monoisotopic (exact) mass is 1110 g/mol. The van der Waals surface area contributed by atoms with Crippen LogP contribution < -0.4 is 15.4 Å². The average molecular weight is 1110 g/mol. The zero-order valence-electron chi connectivity index (χ0n) is 37.1. The van der Waals surface area contributed by atoms with E-state index in [1.54, 1.807) is 79.1 Å². The first-order valence-electron chi connectivity index (χ1n) is 20.1. The third kappa shape index (κ3) is 17.0. The van der Waals surface area contributed by atoms with E-state index in [2.05, 4.69) is 15.6 Å². The summed E-state index contributed by atoms with van der Waals surface area (Å²) in [7, 11) is -4.22. The quantitative estimate of drug-likeness (QED) is 0.0273. The molecule has 3 N–H and O–H groups in total. The number of thiazole rings is 2. The van der Waals surface area contributed by atoms with Gasteiger partial charge in [0.1, 0.15) is 28.2 Å². The number of nitrogens with zero attached hydrogens (tertiary/aromatic N) is 2. The van der Waals surface area contributed by atoms with E-state index in [4.69, 9.17) is 19.6 Å². The normalized spacial score (nSPS) is 10.7. The fourth-order valence-electron chi connectivity index (χ4n) is 5.83. The summed E-state index contributed by atoms with van der Waals surface area (Å²) in [6.07, 6.45) is 0.554. The predicted octanol–water partition coefficient (Wildman–Crippen LogP) is 11.5. The van der Waals surface area contributed by atoms with E-state index in [-0.39, 0.29) is 77.5 Å². The molecule has 0 aliphatic carbocycles. The van der Waals surface area contributed by atoms with Crippen molar-refractivity contribution in [2.75, 3.05) is 50.9 Å². The van der Waals surface area contributed by atoms with E-state index in [1.807, 2.05) is 86.6 Å². The molecule has 2 heterocycles. The van der Waals surface area contributed by atoms with Crippen LogP contribution in [0.4, 0.5) is 15.8 Å². The molecule has 350 valence electrons. The zero-order chi connectivity index (χ0) is 47.5. The molecule has 0 fully saturated rings. The Labute approximate surface area is 427 Å². The van der Waals surface area contributed by atoms with Gasteiger partial charge < -0.3 is 41.1 Å². The van der Waals surface area contributed by atoms with E-state index in [0.717, 1.165) is 69.8 Å². The van der Waals surface area contributed by atoms with Crippen LogP contribution in [-0.2, 0) is 39.2 Å². The Morgan fingerprint density at radius 2 is 1.21 bits per heavy atom. The maximum absolute atomic E-state index is 12.2. The zero-order valence-corrected chi connectivity index (χ0v) is 44.1. The molecule has 0 unspecified atom stereocenters. The molecule has 0 aliphatic heterocycles. The first-order chi connectivity index (χ1) is 31.9. The Morgan fingerprint density at radius 1 is 0.701 bits per heavy atom. The van der Waals surface area contributed by atoms with Gasteiger partial charge in [0.25, 0.3) is 10.1 Å². The second-order valence-electron chi connectivity index (χ2n) is 14.1. The summed E-state index contributed by atoms with van der Waals surface area (Å²) in [5.41, 5.74) is 7.74. The summed E-state index contributed by atoms with van der Waals surface area (Å²) in [5, 5.41) is 17.6. The van der Waals surface area contributed by atoms with Crippen molar-refractivity contribution in [3.8, 4) is 32.6 Å². The van der Waals surface area contributed by atoms with Gasteiger partial charge in [0.15, 0.2) is 6.79 Å². The van der Waals surface area contributed by atoms with Crippen molar-refractivity contribution in [3.63, 3.8) is 0 Å². The number of hydrogen-bond acceptors (Lipinski definition) is 16. The van der Waals surface area contributed by atoms with Crippen LogP contribution in [0.5, 0.6) is 11.5 Å². The molecule has 0 radical (unpaired) electrons. The van der Waals surface area contributed by atoms with Gasteiger partial charge in [-0.3, -0.25) is 4.18 Å². The molecule has 67 heavy (non-hydrogen) atoms. The molecule has 0 saturated heterocycles. The Kier molecular flexibility index (Phi) is 22.8. The number of methoxy groups -OCH3 is 1. The third-order valence-corrected chi connectivity index (χ3v) is 13.3. The Hall–Kier alpha value is -4.79. The van der Waals surface area contributed by atoms with Crippen molar-refractivity contribution in [2.45, 2.75) is 30.1 Å². The number of phenols is 1. The Bertz CT molecular complexity index is 2950. The van der Waals surface area contributed by atoms with Crippen molar-refractivity contribution in [1.29, 1.82) is 0 Å². The number of anilines is 2. The van der Waals surface area contributed by atoms with E-state index < -0.39 is 20.8 Å². The second-order valence-corrected chi connectivity index (χ2v) is 18.7. The number of nitrogens with one attached hydrogen (secondary N) is 2. The molecule has 13 nitrogen and oxygen atoms in total. The SMILES string of the molecule is COCOc1ccc2nc(-c3ccc(NCCCOS(=O)(=O)c4ccc(C)cc4)cc3)sc2c1.Cc1ccc([S-](=O)=O)cc1.Oc1ccc2nc(-c3ccc(NCC[18F])cc3)sc2c1.[CH3-].[O]=[Pr+]. The summed E-state index contributed by atoms with van der Waals surface area (Å²) in [6, 6.07) is 40.0. The number of aryl methyl sites for hydroxylation is 2. The van der Waals surface area contributed by atoms with Gasteiger partial charge in [-0.25, -0.2) is 14.4 Å². The number of phenolic OH excluding ortho intramolecular Hbond substituents is 1. The van der Waals surface area contributed by atoms with E-state index in [9.17, 15) is 26.3 Å². The average Bonchev–Trinajstić information content (AvgIpc) is 3.96. The molecule has 0 aliphatic rings. The van der Waals surface area contributed by atoms with Crippen molar-refractivity contribution in [1.82, 2.24) is 9.97 Å². The molecule has 0 saturated carbocycles. The van der Waals surface area contributed by atoms with Crippen molar-refractivity contribution < 1.29 is 80.3 Å². The molecule has 8 aromatic rings. The van der Waals surface area contributed by atoms with Gasteiger partial charge in [-0.05, 0) is 128 Å². The van der Waals surface area contributed by atoms with Crippen molar-refractivity contribution >= 4 is 75.3 Å². The molecule has 0 spiro atoms. The standard InChI is InChI=1S/C25H26N2O5S2.C15H13FN2OS.C7H7O2S.CH3.O.Pr/c1-18-4-11-22(12-5-18)34(28,29)32-15-3-14-26-20-8-6-19(7-9-20)25-27-23-13-10-21(31-17-30-2)16-24(23)33-25;16-7-8-17-11-3-1-10(2-4-11)15-18-13-6-5-12(19)9-14(13)20-15;1-6-2-4-7(5-3-6)10(8)9;;;/h4-13,16,26H,3,14-15,17H2,1-2H3;1-6,9,17,19H,7-8H2;2-5H,1H3;1H3;;/q;;2*-1;;+1/i;16-1;;;;. The van der Waals surface area contributed by atoms with E-state index >= 15 is 0 Å². The summed E-state index contributed by atoms with van der Waals surface area (Å²) in [4.78, 5) is 9.77. The number of alkyl halides is 1. The molecule has 6 aromatic carbocycles.